The Morgan fingerprint density at radius 1 is 1.04 bits per heavy atom. The van der Waals surface area contributed by atoms with Gasteiger partial charge in [-0.3, -0.25) is 0 Å². The lowest BCUT2D eigenvalue weighted by atomic mass is 10.2. The zero-order valence-corrected chi connectivity index (χ0v) is 15.0. The number of ether oxygens (including phenoxy) is 1. The highest BCUT2D eigenvalue weighted by molar-refractivity contribution is 5.85. The van der Waals surface area contributed by atoms with Crippen molar-refractivity contribution in [2.75, 3.05) is 43.9 Å². The summed E-state index contributed by atoms with van der Waals surface area (Å²) in [5.41, 5.74) is 8.54. The van der Waals surface area contributed by atoms with Crippen LogP contribution >= 0.6 is 0 Å². The average molecular weight is 350 g/mol. The molecule has 1 saturated heterocycles. The zero-order chi connectivity index (χ0) is 18.1. The van der Waals surface area contributed by atoms with Crippen molar-refractivity contribution < 1.29 is 4.74 Å². The topological polar surface area (TPSA) is 80.4 Å². The molecule has 1 aliphatic heterocycles. The van der Waals surface area contributed by atoms with Crippen molar-refractivity contribution in [3.8, 4) is 11.6 Å². The molecule has 1 aliphatic rings. The van der Waals surface area contributed by atoms with E-state index in [1.54, 1.807) is 0 Å². The number of nitrogens with two attached hydrogens (primary N) is 1. The summed E-state index contributed by atoms with van der Waals surface area (Å²) in [6.45, 7) is 5.68. The number of nitrogens with zero attached hydrogens (tertiary/aromatic N) is 5. The summed E-state index contributed by atoms with van der Waals surface area (Å²) in [5.74, 6) is 1.73. The number of aryl methyl sites for hydroxylation is 1. The number of aromatic nitrogens is 3. The first-order valence-electron chi connectivity index (χ1n) is 8.70. The summed E-state index contributed by atoms with van der Waals surface area (Å²) >= 11 is 0. The lowest BCUT2D eigenvalue weighted by Crippen LogP contribution is -2.45. The Bertz CT molecular complexity index is 936. The molecule has 7 heteroatoms. The van der Waals surface area contributed by atoms with Gasteiger partial charge in [-0.2, -0.15) is 4.98 Å². The zero-order valence-electron chi connectivity index (χ0n) is 15.0. The molecular formula is C19H22N6O. The van der Waals surface area contributed by atoms with Gasteiger partial charge in [0.1, 0.15) is 17.5 Å². The van der Waals surface area contributed by atoms with Crippen molar-refractivity contribution in [1.29, 1.82) is 0 Å². The molecule has 2 aromatic heterocycles. The van der Waals surface area contributed by atoms with Crippen LogP contribution in [-0.2, 0) is 0 Å². The Labute approximate surface area is 152 Å². The molecule has 0 atom stereocenters. The first-order chi connectivity index (χ1) is 12.6. The molecular weight excluding hydrogens is 328 g/mol. The Morgan fingerprint density at radius 2 is 1.85 bits per heavy atom. The monoisotopic (exact) mass is 350 g/mol. The third-order valence-electron chi connectivity index (χ3n) is 4.66. The maximum absolute atomic E-state index is 6.34. The SMILES string of the molecule is Cc1ccc2cccc(Oc3ncnc(N4CCN(C)CC4)c3N)c2n1. The maximum Gasteiger partial charge on any atom is 0.248 e. The van der Waals surface area contributed by atoms with Gasteiger partial charge >= 0.3 is 0 Å². The summed E-state index contributed by atoms with van der Waals surface area (Å²) < 4.78 is 6.05. The highest BCUT2D eigenvalue weighted by atomic mass is 16.5. The molecule has 134 valence electrons. The normalized spacial score (nSPS) is 15.4. The second-order valence-electron chi connectivity index (χ2n) is 6.59. The van der Waals surface area contributed by atoms with Gasteiger partial charge in [0.25, 0.3) is 0 Å². The van der Waals surface area contributed by atoms with Crippen LogP contribution in [0.15, 0.2) is 36.7 Å². The summed E-state index contributed by atoms with van der Waals surface area (Å²) in [4.78, 5) is 17.7. The van der Waals surface area contributed by atoms with Crippen molar-refractivity contribution in [3.05, 3.63) is 42.4 Å². The second kappa shape index (κ2) is 6.76. The van der Waals surface area contributed by atoms with E-state index in [-0.39, 0.29) is 0 Å². The van der Waals surface area contributed by atoms with Gasteiger partial charge in [0, 0.05) is 37.3 Å². The van der Waals surface area contributed by atoms with E-state index in [0.29, 0.717) is 17.3 Å². The Balaban J connectivity index is 1.67. The number of likely N-dealkylation sites (N-methyl/N-ethyl adjacent to an activating group) is 1. The van der Waals surface area contributed by atoms with Gasteiger partial charge in [-0.1, -0.05) is 18.2 Å². The van der Waals surface area contributed by atoms with E-state index in [1.807, 2.05) is 37.3 Å². The van der Waals surface area contributed by atoms with Gasteiger partial charge in [0.15, 0.2) is 11.6 Å². The number of nitrogen functional groups attached to an aromatic ring is 1. The molecule has 26 heavy (non-hydrogen) atoms. The van der Waals surface area contributed by atoms with Crippen LogP contribution in [0, 0.1) is 6.92 Å². The van der Waals surface area contributed by atoms with Crippen LogP contribution in [0.25, 0.3) is 10.9 Å². The molecule has 0 amide bonds. The number of rotatable bonds is 3. The van der Waals surface area contributed by atoms with E-state index >= 15 is 0 Å². The molecule has 0 saturated carbocycles. The fraction of sp³-hybridized carbons (Fsp3) is 0.316. The largest absolute Gasteiger partial charge is 0.435 e. The fourth-order valence-electron chi connectivity index (χ4n) is 3.13. The van der Waals surface area contributed by atoms with E-state index < -0.39 is 0 Å². The number of para-hydroxylation sites is 1. The highest BCUT2D eigenvalue weighted by Crippen LogP contribution is 2.34. The van der Waals surface area contributed by atoms with E-state index in [9.17, 15) is 0 Å². The molecule has 1 fully saturated rings. The first-order valence-corrected chi connectivity index (χ1v) is 8.70. The highest BCUT2D eigenvalue weighted by Gasteiger charge is 2.20. The van der Waals surface area contributed by atoms with Crippen molar-refractivity contribution >= 4 is 22.4 Å². The number of fused-ring (bicyclic) bond motifs is 1. The lowest BCUT2D eigenvalue weighted by Gasteiger charge is -2.33. The van der Waals surface area contributed by atoms with E-state index in [2.05, 4.69) is 31.8 Å². The molecule has 0 radical (unpaired) electrons. The predicted molar refractivity (Wildman–Crippen MR) is 103 cm³/mol. The third-order valence-corrected chi connectivity index (χ3v) is 4.66. The molecule has 3 aromatic rings. The van der Waals surface area contributed by atoms with Crippen LogP contribution < -0.4 is 15.4 Å². The van der Waals surface area contributed by atoms with Crippen molar-refractivity contribution in [2.45, 2.75) is 6.92 Å². The molecule has 3 heterocycles. The van der Waals surface area contributed by atoms with Crippen LogP contribution in [0.3, 0.4) is 0 Å². The van der Waals surface area contributed by atoms with Crippen LogP contribution in [-0.4, -0.2) is 53.1 Å². The molecule has 0 unspecified atom stereocenters. The van der Waals surface area contributed by atoms with Gasteiger partial charge < -0.3 is 20.3 Å². The Morgan fingerprint density at radius 3 is 2.65 bits per heavy atom. The summed E-state index contributed by atoms with van der Waals surface area (Å²) in [6, 6.07) is 9.84. The van der Waals surface area contributed by atoms with Gasteiger partial charge in [0.2, 0.25) is 5.88 Å². The summed E-state index contributed by atoms with van der Waals surface area (Å²) in [5, 5.41) is 1.01. The van der Waals surface area contributed by atoms with E-state index in [0.717, 1.165) is 48.6 Å². The molecule has 1 aromatic carbocycles. The molecule has 0 aliphatic carbocycles. The van der Waals surface area contributed by atoms with Crippen molar-refractivity contribution in [3.63, 3.8) is 0 Å². The smallest absolute Gasteiger partial charge is 0.248 e. The van der Waals surface area contributed by atoms with Gasteiger partial charge in [-0.25, -0.2) is 9.97 Å². The molecule has 0 spiro atoms. The Kier molecular flexibility index (Phi) is 4.30. The number of piperazine rings is 1. The first kappa shape index (κ1) is 16.5. The van der Waals surface area contributed by atoms with Crippen LogP contribution in [0.4, 0.5) is 11.5 Å². The summed E-state index contributed by atoms with van der Waals surface area (Å²) in [6.07, 6.45) is 1.50. The van der Waals surface area contributed by atoms with Gasteiger partial charge in [-0.05, 0) is 26.1 Å². The van der Waals surface area contributed by atoms with E-state index in [4.69, 9.17) is 10.5 Å². The number of hydrogen-bond acceptors (Lipinski definition) is 7. The molecule has 4 rings (SSSR count). The lowest BCUT2D eigenvalue weighted by molar-refractivity contribution is 0.312. The van der Waals surface area contributed by atoms with Crippen molar-refractivity contribution in [2.24, 2.45) is 0 Å². The molecule has 0 bridgehead atoms. The third kappa shape index (κ3) is 3.13. The number of anilines is 2. The minimum atomic E-state index is 0.365. The number of benzene rings is 1. The number of hydrogen-bond donors (Lipinski definition) is 1. The number of pyridine rings is 1. The van der Waals surface area contributed by atoms with Crippen LogP contribution in [0.1, 0.15) is 5.69 Å². The minimum absolute atomic E-state index is 0.365. The van der Waals surface area contributed by atoms with Gasteiger partial charge in [-0.15, -0.1) is 0 Å². The van der Waals surface area contributed by atoms with Gasteiger partial charge in [0.05, 0.1) is 0 Å². The molecule has 7 nitrogen and oxygen atoms in total. The maximum atomic E-state index is 6.34. The van der Waals surface area contributed by atoms with E-state index in [1.165, 1.54) is 6.33 Å². The summed E-state index contributed by atoms with van der Waals surface area (Å²) in [7, 11) is 2.12. The molecule has 2 N–H and O–H groups in total. The Hall–Kier alpha value is -2.93. The van der Waals surface area contributed by atoms with Crippen molar-refractivity contribution in [1.82, 2.24) is 19.9 Å². The second-order valence-corrected chi connectivity index (χ2v) is 6.59. The quantitative estimate of drug-likeness (QED) is 0.777. The minimum Gasteiger partial charge on any atom is -0.435 e. The predicted octanol–water partition coefficient (Wildman–Crippen LogP) is 2.46. The fourth-order valence-corrected chi connectivity index (χ4v) is 3.13. The van der Waals surface area contributed by atoms with Crippen LogP contribution in [0.2, 0.25) is 0 Å². The standard InChI is InChI=1S/C19H22N6O/c1-13-6-7-14-4-3-5-15(17(14)23-13)26-19-16(20)18(21-12-22-19)25-10-8-24(2)9-11-25/h3-7,12H,8-11,20H2,1-2H3. The van der Waals surface area contributed by atoms with Crippen LogP contribution in [0.5, 0.6) is 11.6 Å². The average Bonchev–Trinajstić information content (AvgIpc) is 2.65.